The standard InChI is InChI=1S/C16H28N4O3S/c1-3-18-16(19-9-10-24(17,21)22)20-11-14(2)12-23-13-15-7-5-4-6-8-15/h4-8,14H,3,9-13H2,1-2H3,(H2,17,21,22)(H2,18,19,20). The first-order chi connectivity index (χ1) is 11.4. The van der Waals surface area contributed by atoms with Gasteiger partial charge in [0.2, 0.25) is 10.0 Å². The zero-order valence-electron chi connectivity index (χ0n) is 14.4. The number of rotatable bonds is 10. The molecule has 1 aromatic rings. The molecule has 0 bridgehead atoms. The van der Waals surface area contributed by atoms with Crippen LogP contribution in [0.2, 0.25) is 0 Å². The molecule has 7 nitrogen and oxygen atoms in total. The minimum absolute atomic E-state index is 0.132. The minimum Gasteiger partial charge on any atom is -0.376 e. The van der Waals surface area contributed by atoms with Crippen molar-refractivity contribution in [2.45, 2.75) is 20.5 Å². The van der Waals surface area contributed by atoms with Gasteiger partial charge in [-0.1, -0.05) is 37.3 Å². The van der Waals surface area contributed by atoms with Crippen molar-refractivity contribution in [3.8, 4) is 0 Å². The largest absolute Gasteiger partial charge is 0.376 e. The van der Waals surface area contributed by atoms with Gasteiger partial charge in [-0.3, -0.25) is 4.99 Å². The number of hydrogen-bond donors (Lipinski definition) is 3. The number of aliphatic imine (C=N–C) groups is 1. The second-order valence-corrected chi connectivity index (χ2v) is 7.35. The lowest BCUT2D eigenvalue weighted by atomic mass is 10.2. The zero-order valence-corrected chi connectivity index (χ0v) is 15.2. The van der Waals surface area contributed by atoms with Crippen LogP contribution < -0.4 is 15.8 Å². The van der Waals surface area contributed by atoms with Gasteiger partial charge in [-0.05, 0) is 18.4 Å². The monoisotopic (exact) mass is 356 g/mol. The zero-order chi connectivity index (χ0) is 17.8. The van der Waals surface area contributed by atoms with Crippen molar-refractivity contribution in [3.05, 3.63) is 35.9 Å². The van der Waals surface area contributed by atoms with Crippen LogP contribution in [-0.4, -0.2) is 46.4 Å². The average molecular weight is 356 g/mol. The highest BCUT2D eigenvalue weighted by Gasteiger charge is 2.05. The first-order valence-corrected chi connectivity index (χ1v) is 9.76. The molecule has 0 spiro atoms. The Balaban J connectivity index is 2.32. The number of hydrogen-bond acceptors (Lipinski definition) is 4. The Morgan fingerprint density at radius 2 is 2.00 bits per heavy atom. The van der Waals surface area contributed by atoms with Crippen LogP contribution in [0.15, 0.2) is 35.3 Å². The molecule has 0 aromatic heterocycles. The van der Waals surface area contributed by atoms with E-state index in [1.54, 1.807) is 0 Å². The summed E-state index contributed by atoms with van der Waals surface area (Å²) in [6.45, 7) is 6.70. The Morgan fingerprint density at radius 3 is 2.62 bits per heavy atom. The van der Waals surface area contributed by atoms with Crippen LogP contribution in [0, 0.1) is 5.92 Å². The van der Waals surface area contributed by atoms with Crippen LogP contribution >= 0.6 is 0 Å². The highest BCUT2D eigenvalue weighted by atomic mass is 32.2. The molecule has 136 valence electrons. The van der Waals surface area contributed by atoms with Crippen molar-refractivity contribution in [2.24, 2.45) is 16.0 Å². The lowest BCUT2D eigenvalue weighted by molar-refractivity contribution is 0.0945. The maximum atomic E-state index is 10.9. The normalized spacial score (nSPS) is 13.5. The van der Waals surface area contributed by atoms with Gasteiger partial charge in [-0.15, -0.1) is 0 Å². The Hall–Kier alpha value is -1.64. The summed E-state index contributed by atoms with van der Waals surface area (Å²) in [7, 11) is -3.47. The maximum absolute atomic E-state index is 10.9. The Kier molecular flexibility index (Phi) is 9.36. The number of sulfonamides is 1. The highest BCUT2D eigenvalue weighted by Crippen LogP contribution is 2.03. The molecule has 0 aliphatic heterocycles. The van der Waals surface area contributed by atoms with Gasteiger partial charge in [0, 0.05) is 19.6 Å². The smallest absolute Gasteiger partial charge is 0.210 e. The van der Waals surface area contributed by atoms with E-state index in [4.69, 9.17) is 9.88 Å². The molecule has 24 heavy (non-hydrogen) atoms. The fourth-order valence-corrected chi connectivity index (χ4v) is 2.29. The summed E-state index contributed by atoms with van der Waals surface area (Å²) in [6.07, 6.45) is 0. The van der Waals surface area contributed by atoms with E-state index in [0.717, 1.165) is 5.56 Å². The van der Waals surface area contributed by atoms with E-state index in [2.05, 4.69) is 22.5 Å². The van der Waals surface area contributed by atoms with Crippen LogP contribution in [0.3, 0.4) is 0 Å². The highest BCUT2D eigenvalue weighted by molar-refractivity contribution is 7.89. The van der Waals surface area contributed by atoms with E-state index in [9.17, 15) is 8.42 Å². The molecule has 1 aromatic carbocycles. The van der Waals surface area contributed by atoms with E-state index < -0.39 is 10.0 Å². The molecule has 0 heterocycles. The van der Waals surface area contributed by atoms with Gasteiger partial charge in [-0.2, -0.15) is 0 Å². The fourth-order valence-electron chi connectivity index (χ4n) is 1.91. The quantitative estimate of drug-likeness (QED) is 0.422. The van der Waals surface area contributed by atoms with Crippen molar-refractivity contribution in [3.63, 3.8) is 0 Å². The van der Waals surface area contributed by atoms with E-state index in [1.165, 1.54) is 0 Å². The number of nitrogens with one attached hydrogen (secondary N) is 2. The summed E-state index contributed by atoms with van der Waals surface area (Å²) in [5, 5.41) is 11.0. The molecule has 0 saturated heterocycles. The molecule has 8 heteroatoms. The third-order valence-electron chi connectivity index (χ3n) is 3.10. The van der Waals surface area contributed by atoms with Crippen LogP contribution in [0.4, 0.5) is 0 Å². The molecule has 0 radical (unpaired) electrons. The summed E-state index contributed by atoms with van der Waals surface area (Å²) >= 11 is 0. The predicted molar refractivity (Wildman–Crippen MR) is 97.2 cm³/mol. The summed E-state index contributed by atoms with van der Waals surface area (Å²) < 4.78 is 27.6. The third-order valence-corrected chi connectivity index (χ3v) is 3.87. The molecule has 1 atom stereocenters. The van der Waals surface area contributed by atoms with Crippen molar-refractivity contribution < 1.29 is 13.2 Å². The molecule has 4 N–H and O–H groups in total. The van der Waals surface area contributed by atoms with Crippen LogP contribution in [-0.2, 0) is 21.4 Å². The summed E-state index contributed by atoms with van der Waals surface area (Å²) in [5.74, 6) is 0.700. The first-order valence-electron chi connectivity index (χ1n) is 8.05. The van der Waals surface area contributed by atoms with Crippen LogP contribution in [0.1, 0.15) is 19.4 Å². The lowest BCUT2D eigenvalue weighted by Crippen LogP contribution is -2.40. The Morgan fingerprint density at radius 1 is 1.29 bits per heavy atom. The second kappa shape index (κ2) is 11.0. The molecule has 0 aliphatic carbocycles. The lowest BCUT2D eigenvalue weighted by Gasteiger charge is -2.13. The van der Waals surface area contributed by atoms with Crippen molar-refractivity contribution in [1.82, 2.24) is 10.6 Å². The van der Waals surface area contributed by atoms with E-state index in [-0.39, 0.29) is 18.2 Å². The molecule has 0 amide bonds. The fraction of sp³-hybridized carbons (Fsp3) is 0.562. The topological polar surface area (TPSA) is 106 Å². The molecule has 0 saturated carbocycles. The third kappa shape index (κ3) is 10.2. The van der Waals surface area contributed by atoms with E-state index in [0.29, 0.717) is 32.3 Å². The number of guanidine groups is 1. The van der Waals surface area contributed by atoms with Gasteiger partial charge < -0.3 is 15.4 Å². The SMILES string of the molecule is CCNC(=NCC(C)COCc1ccccc1)NCCS(N)(=O)=O. The second-order valence-electron chi connectivity index (χ2n) is 5.62. The van der Waals surface area contributed by atoms with Crippen molar-refractivity contribution in [2.75, 3.05) is 32.0 Å². The molecule has 0 aliphatic rings. The van der Waals surface area contributed by atoms with Gasteiger partial charge >= 0.3 is 0 Å². The van der Waals surface area contributed by atoms with Crippen molar-refractivity contribution in [1.29, 1.82) is 0 Å². The predicted octanol–water partition coefficient (Wildman–Crippen LogP) is 0.683. The number of nitrogens with zero attached hydrogens (tertiary/aromatic N) is 1. The average Bonchev–Trinajstić information content (AvgIpc) is 2.52. The van der Waals surface area contributed by atoms with E-state index >= 15 is 0 Å². The first kappa shape index (κ1) is 20.4. The Labute approximate surface area is 144 Å². The van der Waals surface area contributed by atoms with Gasteiger partial charge in [0.1, 0.15) is 0 Å². The summed E-state index contributed by atoms with van der Waals surface area (Å²) in [5.41, 5.74) is 1.14. The summed E-state index contributed by atoms with van der Waals surface area (Å²) in [4.78, 5) is 4.44. The number of ether oxygens (including phenoxy) is 1. The van der Waals surface area contributed by atoms with Crippen LogP contribution in [0.25, 0.3) is 0 Å². The number of nitrogens with two attached hydrogens (primary N) is 1. The molecular weight excluding hydrogens is 328 g/mol. The van der Waals surface area contributed by atoms with Gasteiger partial charge in [0.05, 0.1) is 19.0 Å². The Bertz CT molecular complexity index is 591. The van der Waals surface area contributed by atoms with E-state index in [1.807, 2.05) is 37.3 Å². The summed E-state index contributed by atoms with van der Waals surface area (Å²) in [6, 6.07) is 10.0. The van der Waals surface area contributed by atoms with Gasteiger partial charge in [0.15, 0.2) is 5.96 Å². The molecule has 0 fully saturated rings. The van der Waals surface area contributed by atoms with Crippen LogP contribution in [0.5, 0.6) is 0 Å². The maximum Gasteiger partial charge on any atom is 0.210 e. The minimum atomic E-state index is -3.47. The van der Waals surface area contributed by atoms with Gasteiger partial charge in [-0.25, -0.2) is 13.6 Å². The molecule has 1 rings (SSSR count). The van der Waals surface area contributed by atoms with Crippen molar-refractivity contribution >= 4 is 16.0 Å². The van der Waals surface area contributed by atoms with Gasteiger partial charge in [0.25, 0.3) is 0 Å². The molecule has 1 unspecified atom stereocenters. The molecular formula is C16H28N4O3S. The number of benzene rings is 1. The number of primary sulfonamides is 1.